The Labute approximate surface area is 117 Å². The van der Waals surface area contributed by atoms with Crippen molar-refractivity contribution >= 4 is 5.97 Å². The molecule has 0 radical (unpaired) electrons. The molecule has 0 spiro atoms. The molecule has 0 unspecified atom stereocenters. The van der Waals surface area contributed by atoms with Crippen LogP contribution in [0.25, 0.3) is 0 Å². The van der Waals surface area contributed by atoms with Gasteiger partial charge in [0.1, 0.15) is 0 Å². The minimum atomic E-state index is -0.427. The summed E-state index contributed by atoms with van der Waals surface area (Å²) in [6.07, 6.45) is 0.773. The highest BCUT2D eigenvalue weighted by atomic mass is 16.5. The van der Waals surface area contributed by atoms with E-state index in [2.05, 4.69) is 39.0 Å². The molecule has 0 N–H and O–H groups in total. The Morgan fingerprint density at radius 3 is 2.16 bits per heavy atom. The standard InChI is InChI=1S/C17H26O2/c1-16(2,3)14-10-8-7-9-13(14)11-12-19-15(18)17(4,5)6/h7-10H,11-12H2,1-6H3. The van der Waals surface area contributed by atoms with E-state index in [1.165, 1.54) is 11.1 Å². The molecule has 0 saturated heterocycles. The molecule has 0 aliphatic carbocycles. The Balaban J connectivity index is 2.67. The molecule has 0 bridgehead atoms. The summed E-state index contributed by atoms with van der Waals surface area (Å²) in [5.41, 5.74) is 2.27. The second-order valence-electron chi connectivity index (χ2n) is 7.04. The van der Waals surface area contributed by atoms with Crippen LogP contribution >= 0.6 is 0 Å². The summed E-state index contributed by atoms with van der Waals surface area (Å²) >= 11 is 0. The lowest BCUT2D eigenvalue weighted by molar-refractivity contribution is -0.152. The molecule has 106 valence electrons. The van der Waals surface area contributed by atoms with Crippen molar-refractivity contribution in [1.29, 1.82) is 0 Å². The fraction of sp³-hybridized carbons (Fsp3) is 0.588. The smallest absolute Gasteiger partial charge is 0.311 e. The van der Waals surface area contributed by atoms with Gasteiger partial charge in [-0.15, -0.1) is 0 Å². The van der Waals surface area contributed by atoms with Crippen LogP contribution in [0, 0.1) is 5.41 Å². The minimum Gasteiger partial charge on any atom is -0.465 e. The second kappa shape index (κ2) is 5.77. The van der Waals surface area contributed by atoms with Gasteiger partial charge in [-0.2, -0.15) is 0 Å². The van der Waals surface area contributed by atoms with Gasteiger partial charge in [0, 0.05) is 6.42 Å². The van der Waals surface area contributed by atoms with E-state index in [1.807, 2.05) is 26.8 Å². The summed E-state index contributed by atoms with van der Waals surface area (Å²) in [4.78, 5) is 11.7. The van der Waals surface area contributed by atoms with Crippen molar-refractivity contribution in [3.63, 3.8) is 0 Å². The lowest BCUT2D eigenvalue weighted by atomic mass is 9.83. The molecule has 19 heavy (non-hydrogen) atoms. The monoisotopic (exact) mass is 262 g/mol. The molecule has 0 aromatic heterocycles. The van der Waals surface area contributed by atoms with E-state index in [-0.39, 0.29) is 11.4 Å². The third-order valence-electron chi connectivity index (χ3n) is 3.04. The Kier molecular flexibility index (Phi) is 4.78. The topological polar surface area (TPSA) is 26.3 Å². The number of rotatable bonds is 3. The number of hydrogen-bond acceptors (Lipinski definition) is 2. The highest BCUT2D eigenvalue weighted by Gasteiger charge is 2.23. The van der Waals surface area contributed by atoms with E-state index in [0.29, 0.717) is 6.61 Å². The normalized spacial score (nSPS) is 12.3. The number of carbonyl (C=O) groups is 1. The van der Waals surface area contributed by atoms with Gasteiger partial charge < -0.3 is 4.74 Å². The average Bonchev–Trinajstić information content (AvgIpc) is 2.27. The van der Waals surface area contributed by atoms with Crippen LogP contribution in [0.15, 0.2) is 24.3 Å². The van der Waals surface area contributed by atoms with E-state index >= 15 is 0 Å². The van der Waals surface area contributed by atoms with Crippen molar-refractivity contribution in [1.82, 2.24) is 0 Å². The molecule has 0 aliphatic rings. The van der Waals surface area contributed by atoms with Crippen molar-refractivity contribution in [2.45, 2.75) is 53.4 Å². The minimum absolute atomic E-state index is 0.116. The summed E-state index contributed by atoms with van der Waals surface area (Å²) in [5, 5.41) is 0. The summed E-state index contributed by atoms with van der Waals surface area (Å²) in [7, 11) is 0. The lowest BCUT2D eigenvalue weighted by Gasteiger charge is -2.23. The predicted octanol–water partition coefficient (Wildman–Crippen LogP) is 4.12. The van der Waals surface area contributed by atoms with Crippen LogP contribution in [-0.4, -0.2) is 12.6 Å². The molecule has 1 aromatic rings. The van der Waals surface area contributed by atoms with Gasteiger partial charge in [-0.25, -0.2) is 0 Å². The first kappa shape index (κ1) is 15.7. The molecule has 1 aromatic carbocycles. The van der Waals surface area contributed by atoms with Gasteiger partial charge in [-0.3, -0.25) is 4.79 Å². The third-order valence-corrected chi connectivity index (χ3v) is 3.04. The Bertz CT molecular complexity index is 433. The number of hydrogen-bond donors (Lipinski definition) is 0. The second-order valence-corrected chi connectivity index (χ2v) is 7.04. The zero-order valence-corrected chi connectivity index (χ0v) is 13.0. The van der Waals surface area contributed by atoms with Gasteiger partial charge in [0.25, 0.3) is 0 Å². The van der Waals surface area contributed by atoms with Crippen LogP contribution in [0.4, 0.5) is 0 Å². The quantitative estimate of drug-likeness (QED) is 0.766. The largest absolute Gasteiger partial charge is 0.465 e. The molecular weight excluding hydrogens is 236 g/mol. The summed E-state index contributed by atoms with van der Waals surface area (Å²) in [6, 6.07) is 8.37. The van der Waals surface area contributed by atoms with E-state index in [4.69, 9.17) is 4.74 Å². The fourth-order valence-corrected chi connectivity index (χ4v) is 1.94. The molecule has 2 nitrogen and oxygen atoms in total. The molecule has 0 atom stereocenters. The number of benzene rings is 1. The molecule has 0 amide bonds. The predicted molar refractivity (Wildman–Crippen MR) is 79.3 cm³/mol. The van der Waals surface area contributed by atoms with Crippen molar-refractivity contribution < 1.29 is 9.53 Å². The highest BCUT2D eigenvalue weighted by Crippen LogP contribution is 2.26. The van der Waals surface area contributed by atoms with Crippen molar-refractivity contribution in [2.75, 3.05) is 6.61 Å². The van der Waals surface area contributed by atoms with E-state index in [0.717, 1.165) is 6.42 Å². The van der Waals surface area contributed by atoms with Crippen molar-refractivity contribution in [2.24, 2.45) is 5.41 Å². The van der Waals surface area contributed by atoms with Crippen LogP contribution in [0.3, 0.4) is 0 Å². The maximum Gasteiger partial charge on any atom is 0.311 e. The highest BCUT2D eigenvalue weighted by molar-refractivity contribution is 5.75. The zero-order chi connectivity index (χ0) is 14.7. The SMILES string of the molecule is CC(C)(C)C(=O)OCCc1ccccc1C(C)(C)C. The fourth-order valence-electron chi connectivity index (χ4n) is 1.94. The summed E-state index contributed by atoms with van der Waals surface area (Å²) < 4.78 is 5.34. The van der Waals surface area contributed by atoms with Gasteiger partial charge in [-0.1, -0.05) is 45.0 Å². The molecule has 0 fully saturated rings. The molecular formula is C17H26O2. The molecule has 1 rings (SSSR count). The van der Waals surface area contributed by atoms with Crippen LogP contribution in [0.2, 0.25) is 0 Å². The van der Waals surface area contributed by atoms with Gasteiger partial charge in [0.15, 0.2) is 0 Å². The zero-order valence-electron chi connectivity index (χ0n) is 13.0. The molecule has 2 heteroatoms. The third kappa shape index (κ3) is 4.70. The molecule has 0 saturated carbocycles. The first-order valence-corrected chi connectivity index (χ1v) is 6.88. The summed E-state index contributed by atoms with van der Waals surface area (Å²) in [5.74, 6) is -0.138. The van der Waals surface area contributed by atoms with E-state index in [9.17, 15) is 4.79 Å². The van der Waals surface area contributed by atoms with Gasteiger partial charge in [0.05, 0.1) is 12.0 Å². The van der Waals surface area contributed by atoms with Crippen LogP contribution in [0.1, 0.15) is 52.7 Å². The molecule has 0 heterocycles. The summed E-state index contributed by atoms with van der Waals surface area (Å²) in [6.45, 7) is 12.7. The first-order chi connectivity index (χ1) is 8.62. The number of carbonyl (C=O) groups excluding carboxylic acids is 1. The maximum atomic E-state index is 11.7. The number of ether oxygens (including phenoxy) is 1. The van der Waals surface area contributed by atoms with Crippen LogP contribution in [0.5, 0.6) is 0 Å². The Morgan fingerprint density at radius 1 is 1.05 bits per heavy atom. The first-order valence-electron chi connectivity index (χ1n) is 6.88. The van der Waals surface area contributed by atoms with E-state index < -0.39 is 5.41 Å². The Hall–Kier alpha value is -1.31. The van der Waals surface area contributed by atoms with Gasteiger partial charge in [0.2, 0.25) is 0 Å². The number of esters is 1. The van der Waals surface area contributed by atoms with E-state index in [1.54, 1.807) is 0 Å². The van der Waals surface area contributed by atoms with Gasteiger partial charge in [-0.05, 0) is 37.3 Å². The lowest BCUT2D eigenvalue weighted by Crippen LogP contribution is -2.24. The average molecular weight is 262 g/mol. The Morgan fingerprint density at radius 2 is 1.63 bits per heavy atom. The van der Waals surface area contributed by atoms with Crippen LogP contribution in [-0.2, 0) is 21.4 Å². The van der Waals surface area contributed by atoms with Crippen LogP contribution < -0.4 is 0 Å². The van der Waals surface area contributed by atoms with Crippen molar-refractivity contribution in [3.05, 3.63) is 35.4 Å². The van der Waals surface area contributed by atoms with Crippen molar-refractivity contribution in [3.8, 4) is 0 Å². The molecule has 0 aliphatic heterocycles. The maximum absolute atomic E-state index is 11.7. The van der Waals surface area contributed by atoms with Gasteiger partial charge >= 0.3 is 5.97 Å².